The third kappa shape index (κ3) is 3.70. The van der Waals surface area contributed by atoms with Crippen LogP contribution < -0.4 is 5.32 Å². The van der Waals surface area contributed by atoms with E-state index >= 15 is 0 Å². The van der Waals surface area contributed by atoms with Gasteiger partial charge in [-0.2, -0.15) is 0 Å². The van der Waals surface area contributed by atoms with Gasteiger partial charge in [0, 0.05) is 17.5 Å². The standard InChI is InChI=1S/C15H16Cl3NO/c1-3-19-9(2)6-11-4-5-14(20-11)15-12(17)7-10(16)8-13(15)18/h4-5,7-9,19H,3,6H2,1-2H3. The number of rotatable bonds is 5. The molecule has 5 heteroatoms. The predicted octanol–water partition coefficient (Wildman–Crippen LogP) is 5.45. The molecule has 1 aromatic heterocycles. The van der Waals surface area contributed by atoms with Gasteiger partial charge in [-0.15, -0.1) is 0 Å². The highest BCUT2D eigenvalue weighted by atomic mass is 35.5. The van der Waals surface area contributed by atoms with Crippen molar-refractivity contribution < 1.29 is 4.42 Å². The van der Waals surface area contributed by atoms with E-state index in [4.69, 9.17) is 39.2 Å². The molecule has 2 nitrogen and oxygen atoms in total. The maximum Gasteiger partial charge on any atom is 0.137 e. The molecule has 1 unspecified atom stereocenters. The van der Waals surface area contributed by atoms with Crippen molar-refractivity contribution in [1.29, 1.82) is 0 Å². The Hall–Kier alpha value is -0.670. The quantitative estimate of drug-likeness (QED) is 0.788. The van der Waals surface area contributed by atoms with Crippen molar-refractivity contribution in [3.63, 3.8) is 0 Å². The number of furan rings is 1. The van der Waals surface area contributed by atoms with Gasteiger partial charge in [0.1, 0.15) is 11.5 Å². The first-order chi connectivity index (χ1) is 9.51. The van der Waals surface area contributed by atoms with Gasteiger partial charge in [-0.25, -0.2) is 0 Å². The molecule has 0 radical (unpaired) electrons. The summed E-state index contributed by atoms with van der Waals surface area (Å²) in [5, 5.41) is 4.83. The van der Waals surface area contributed by atoms with Crippen LogP contribution in [0.1, 0.15) is 19.6 Å². The van der Waals surface area contributed by atoms with Crippen molar-refractivity contribution in [2.24, 2.45) is 0 Å². The van der Waals surface area contributed by atoms with Crippen LogP contribution in [0.5, 0.6) is 0 Å². The van der Waals surface area contributed by atoms with Gasteiger partial charge in [0.05, 0.1) is 15.6 Å². The second-order valence-electron chi connectivity index (χ2n) is 4.67. The number of nitrogens with one attached hydrogen (secondary N) is 1. The molecule has 108 valence electrons. The van der Waals surface area contributed by atoms with Crippen LogP contribution in [0.4, 0.5) is 0 Å². The smallest absolute Gasteiger partial charge is 0.137 e. The zero-order valence-corrected chi connectivity index (χ0v) is 13.6. The van der Waals surface area contributed by atoms with Gasteiger partial charge in [-0.1, -0.05) is 41.7 Å². The van der Waals surface area contributed by atoms with Crippen molar-refractivity contribution in [1.82, 2.24) is 5.32 Å². The van der Waals surface area contributed by atoms with Crippen LogP contribution in [0.15, 0.2) is 28.7 Å². The first-order valence-electron chi connectivity index (χ1n) is 6.48. The molecule has 0 bridgehead atoms. The second-order valence-corrected chi connectivity index (χ2v) is 5.92. The molecule has 1 N–H and O–H groups in total. The average Bonchev–Trinajstić information content (AvgIpc) is 2.76. The normalized spacial score (nSPS) is 12.7. The zero-order chi connectivity index (χ0) is 14.7. The molecule has 1 heterocycles. The Balaban J connectivity index is 2.25. The molecule has 0 fully saturated rings. The summed E-state index contributed by atoms with van der Waals surface area (Å²) in [6.07, 6.45) is 0.816. The van der Waals surface area contributed by atoms with Gasteiger partial charge in [-0.3, -0.25) is 0 Å². The van der Waals surface area contributed by atoms with Crippen molar-refractivity contribution >= 4 is 34.8 Å². The van der Waals surface area contributed by atoms with E-state index in [9.17, 15) is 0 Å². The van der Waals surface area contributed by atoms with E-state index in [1.54, 1.807) is 12.1 Å². The van der Waals surface area contributed by atoms with E-state index in [2.05, 4.69) is 19.2 Å². The molecule has 2 rings (SSSR count). The van der Waals surface area contributed by atoms with Crippen LogP contribution in [0, 0.1) is 0 Å². The van der Waals surface area contributed by atoms with Crippen molar-refractivity contribution in [3.8, 4) is 11.3 Å². The lowest BCUT2D eigenvalue weighted by molar-refractivity contribution is 0.470. The summed E-state index contributed by atoms with van der Waals surface area (Å²) in [5.41, 5.74) is 0.681. The molecule has 0 saturated heterocycles. The average molecular weight is 333 g/mol. The summed E-state index contributed by atoms with van der Waals surface area (Å²) >= 11 is 18.3. The monoisotopic (exact) mass is 331 g/mol. The van der Waals surface area contributed by atoms with Crippen LogP contribution in [0.3, 0.4) is 0 Å². The fraction of sp³-hybridized carbons (Fsp3) is 0.333. The lowest BCUT2D eigenvalue weighted by atomic mass is 10.1. The molecule has 1 atom stereocenters. The lowest BCUT2D eigenvalue weighted by Gasteiger charge is -2.10. The van der Waals surface area contributed by atoms with Gasteiger partial charge in [0.25, 0.3) is 0 Å². The lowest BCUT2D eigenvalue weighted by Crippen LogP contribution is -2.27. The van der Waals surface area contributed by atoms with E-state index in [0.29, 0.717) is 32.4 Å². The number of hydrogen-bond donors (Lipinski definition) is 1. The van der Waals surface area contributed by atoms with E-state index in [0.717, 1.165) is 18.7 Å². The SMILES string of the molecule is CCNC(C)Cc1ccc(-c2c(Cl)cc(Cl)cc2Cl)o1. The van der Waals surface area contributed by atoms with Crippen LogP contribution in [0.25, 0.3) is 11.3 Å². The highest BCUT2D eigenvalue weighted by molar-refractivity contribution is 6.41. The summed E-state index contributed by atoms with van der Waals surface area (Å²) in [6, 6.07) is 7.51. The predicted molar refractivity (Wildman–Crippen MR) is 86.0 cm³/mol. The molecule has 0 spiro atoms. The Bertz CT molecular complexity index is 572. The third-order valence-corrected chi connectivity index (χ3v) is 3.79. The fourth-order valence-corrected chi connectivity index (χ4v) is 3.13. The van der Waals surface area contributed by atoms with Gasteiger partial charge < -0.3 is 9.73 Å². The van der Waals surface area contributed by atoms with E-state index in [-0.39, 0.29) is 0 Å². The van der Waals surface area contributed by atoms with Gasteiger partial charge in [0.2, 0.25) is 0 Å². The Morgan fingerprint density at radius 2 is 1.80 bits per heavy atom. The molecule has 20 heavy (non-hydrogen) atoms. The highest BCUT2D eigenvalue weighted by Crippen LogP contribution is 2.38. The third-order valence-electron chi connectivity index (χ3n) is 2.97. The first-order valence-corrected chi connectivity index (χ1v) is 7.61. The molecule has 1 aromatic carbocycles. The van der Waals surface area contributed by atoms with Crippen molar-refractivity contribution in [3.05, 3.63) is 45.1 Å². The fourth-order valence-electron chi connectivity index (χ4n) is 2.12. The minimum Gasteiger partial charge on any atom is -0.461 e. The molecule has 0 aliphatic carbocycles. The molecule has 0 amide bonds. The summed E-state index contributed by atoms with van der Waals surface area (Å²) in [4.78, 5) is 0. The van der Waals surface area contributed by atoms with Gasteiger partial charge in [0.15, 0.2) is 0 Å². The minimum absolute atomic E-state index is 0.357. The maximum atomic E-state index is 6.19. The van der Waals surface area contributed by atoms with Crippen molar-refractivity contribution in [2.45, 2.75) is 26.3 Å². The Labute approximate surface area is 134 Å². The van der Waals surface area contributed by atoms with Crippen molar-refractivity contribution in [2.75, 3.05) is 6.54 Å². The Morgan fingerprint density at radius 1 is 1.15 bits per heavy atom. The first kappa shape index (κ1) is 15.7. The van der Waals surface area contributed by atoms with Crippen LogP contribution in [-0.4, -0.2) is 12.6 Å². The van der Waals surface area contributed by atoms with E-state index < -0.39 is 0 Å². The maximum absolute atomic E-state index is 6.19. The number of likely N-dealkylation sites (N-methyl/N-ethyl adjacent to an activating group) is 1. The zero-order valence-electron chi connectivity index (χ0n) is 11.3. The minimum atomic E-state index is 0.357. The Kier molecular flexibility index (Phi) is 5.39. The number of hydrogen-bond acceptors (Lipinski definition) is 2. The van der Waals surface area contributed by atoms with Crippen LogP contribution in [-0.2, 0) is 6.42 Å². The molecule has 0 aliphatic rings. The molecule has 0 aliphatic heterocycles. The largest absolute Gasteiger partial charge is 0.461 e. The Morgan fingerprint density at radius 3 is 2.40 bits per heavy atom. The molecule has 2 aromatic rings. The summed E-state index contributed by atoms with van der Waals surface area (Å²) in [5.74, 6) is 1.56. The second kappa shape index (κ2) is 6.86. The number of halogens is 3. The van der Waals surface area contributed by atoms with Gasteiger partial charge >= 0.3 is 0 Å². The summed E-state index contributed by atoms with van der Waals surface area (Å²) in [6.45, 7) is 5.13. The van der Waals surface area contributed by atoms with Gasteiger partial charge in [-0.05, 0) is 37.7 Å². The molecular formula is C15H16Cl3NO. The topological polar surface area (TPSA) is 25.2 Å². The summed E-state index contributed by atoms with van der Waals surface area (Å²) < 4.78 is 5.84. The molecule has 0 saturated carbocycles. The molecular weight excluding hydrogens is 317 g/mol. The highest BCUT2D eigenvalue weighted by Gasteiger charge is 2.15. The summed E-state index contributed by atoms with van der Waals surface area (Å²) in [7, 11) is 0. The van der Waals surface area contributed by atoms with E-state index in [1.807, 2.05) is 12.1 Å². The van der Waals surface area contributed by atoms with Crippen LogP contribution >= 0.6 is 34.8 Å². The number of benzene rings is 1. The van der Waals surface area contributed by atoms with E-state index in [1.165, 1.54) is 0 Å². The van der Waals surface area contributed by atoms with Crippen LogP contribution in [0.2, 0.25) is 15.1 Å².